The van der Waals surface area contributed by atoms with E-state index in [0.29, 0.717) is 55.4 Å². The summed E-state index contributed by atoms with van der Waals surface area (Å²) in [4.78, 5) is 38.9. The SMILES string of the molecule is CNCc1ccc(C2=CCCCC[C@H](N(C)C)/C(O)=C(/C(N)=O)C(=O)I(O)C(=O)C=C(O)/C=C(\O)C=C2)o1. The van der Waals surface area contributed by atoms with Crippen LogP contribution >= 0.6 is 20.2 Å². The van der Waals surface area contributed by atoms with E-state index in [1.165, 1.54) is 6.08 Å². The molecule has 12 heteroatoms. The predicted octanol–water partition coefficient (Wildman–Crippen LogP) is 3.09. The Kier molecular flexibility index (Phi) is 12.0. The third kappa shape index (κ3) is 8.68. The predicted molar refractivity (Wildman–Crippen MR) is 151 cm³/mol. The Hall–Kier alpha value is -3.20. The number of allylic oxidation sites excluding steroid dienone is 6. The second-order valence-electron chi connectivity index (χ2n) is 8.66. The summed E-state index contributed by atoms with van der Waals surface area (Å²) in [5.74, 6) is -1.73. The van der Waals surface area contributed by atoms with Crippen LogP contribution in [0.25, 0.3) is 5.57 Å². The van der Waals surface area contributed by atoms with Gasteiger partial charge < -0.3 is 5.32 Å². The van der Waals surface area contributed by atoms with Crippen molar-refractivity contribution in [3.05, 3.63) is 76.9 Å². The molecule has 0 bridgehead atoms. The van der Waals surface area contributed by atoms with Gasteiger partial charge in [0, 0.05) is 0 Å². The van der Waals surface area contributed by atoms with Crippen molar-refractivity contribution in [3.63, 3.8) is 0 Å². The molecule has 1 aromatic rings. The molecule has 0 aliphatic carbocycles. The van der Waals surface area contributed by atoms with Gasteiger partial charge >= 0.3 is 217 Å². The first-order valence-electron chi connectivity index (χ1n) is 11.8. The molecule has 208 valence electrons. The summed E-state index contributed by atoms with van der Waals surface area (Å²) in [5, 5.41) is 34.2. The average molecular weight is 643 g/mol. The second kappa shape index (κ2) is 14.7. The number of carbonyl (C=O) groups excluding carboxylic acids is 3. The fourth-order valence-corrected chi connectivity index (χ4v) is 5.83. The van der Waals surface area contributed by atoms with Crippen LogP contribution in [0, 0.1) is 0 Å². The summed E-state index contributed by atoms with van der Waals surface area (Å²) < 4.78 is 13.9. The summed E-state index contributed by atoms with van der Waals surface area (Å²) in [6.45, 7) is 0.531. The van der Waals surface area contributed by atoms with Crippen LogP contribution in [0.4, 0.5) is 0 Å². The number of primary amides is 1. The van der Waals surface area contributed by atoms with Gasteiger partial charge in [0.1, 0.15) is 0 Å². The number of nitrogens with two attached hydrogens (primary N) is 1. The molecule has 38 heavy (non-hydrogen) atoms. The molecule has 0 aromatic carbocycles. The molecule has 0 spiro atoms. The summed E-state index contributed by atoms with van der Waals surface area (Å²) in [5.41, 5.74) is 5.20. The number of furan rings is 1. The Morgan fingerprint density at radius 1 is 1.13 bits per heavy atom. The number of nitrogens with one attached hydrogen (secondary N) is 1. The summed E-state index contributed by atoms with van der Waals surface area (Å²) in [6, 6.07) is 2.86. The van der Waals surface area contributed by atoms with Gasteiger partial charge in [0.05, 0.1) is 0 Å². The van der Waals surface area contributed by atoms with Crippen LogP contribution in [-0.4, -0.2) is 64.3 Å². The maximum atomic E-state index is 12.8. The molecule has 1 atom stereocenters. The van der Waals surface area contributed by atoms with Crippen molar-refractivity contribution in [1.82, 2.24) is 10.2 Å². The topological polar surface area (TPSA) is 187 Å². The van der Waals surface area contributed by atoms with Crippen molar-refractivity contribution < 1.29 is 37.6 Å². The minimum absolute atomic E-state index is 0.354. The van der Waals surface area contributed by atoms with Crippen LogP contribution in [0.1, 0.15) is 37.2 Å². The number of aliphatic hydroxyl groups is 3. The van der Waals surface area contributed by atoms with Gasteiger partial charge in [-0.05, 0) is 7.05 Å². The Labute approximate surface area is 228 Å². The molecule has 7 N–H and O–H groups in total. The number of amides is 1. The zero-order chi connectivity index (χ0) is 28.4. The third-order valence-corrected chi connectivity index (χ3v) is 8.35. The molecule has 1 aromatic heterocycles. The van der Waals surface area contributed by atoms with Crippen molar-refractivity contribution in [3.8, 4) is 0 Å². The Morgan fingerprint density at radius 2 is 1.84 bits per heavy atom. The van der Waals surface area contributed by atoms with Gasteiger partial charge in [-0.15, -0.1) is 0 Å². The molecule has 1 aliphatic rings. The van der Waals surface area contributed by atoms with E-state index in [0.717, 1.165) is 6.08 Å². The molecule has 0 saturated heterocycles. The van der Waals surface area contributed by atoms with E-state index in [4.69, 9.17) is 10.2 Å². The molecule has 0 fully saturated rings. The molecule has 0 unspecified atom stereocenters. The van der Waals surface area contributed by atoms with Gasteiger partial charge in [-0.3, -0.25) is 0 Å². The number of nitrogens with zero attached hydrogens (tertiary/aromatic N) is 1. The Morgan fingerprint density at radius 3 is 2.47 bits per heavy atom. The molecular formula is C26H34IN3O8. The quantitative estimate of drug-likeness (QED) is 0.158. The maximum absolute atomic E-state index is 12.8. The van der Waals surface area contributed by atoms with E-state index in [9.17, 15) is 33.1 Å². The number of rotatable bonds is 5. The van der Waals surface area contributed by atoms with Crippen LogP contribution in [0.5, 0.6) is 0 Å². The number of likely N-dealkylation sites (N-methyl/N-ethyl adjacent to an activating group) is 1. The van der Waals surface area contributed by atoms with Crippen molar-refractivity contribution >= 4 is 39.3 Å². The molecule has 11 nitrogen and oxygen atoms in total. The summed E-state index contributed by atoms with van der Waals surface area (Å²) in [7, 11) is 5.10. The van der Waals surface area contributed by atoms with E-state index >= 15 is 0 Å². The van der Waals surface area contributed by atoms with E-state index < -0.39 is 62.6 Å². The first-order valence-corrected chi connectivity index (χ1v) is 14.9. The van der Waals surface area contributed by atoms with E-state index in [2.05, 4.69) is 5.32 Å². The van der Waals surface area contributed by atoms with Crippen LogP contribution in [0.3, 0.4) is 0 Å². The monoisotopic (exact) mass is 643 g/mol. The fraction of sp³-hybridized carbons (Fsp3) is 0.346. The standard InChI is InChI=1S/C26H34IN3O8/c1-29-15-19-11-12-21(38-19)16-7-5-4-6-8-20(30(2)3)24(34)23(26(28)36)25(35)27(37)22(33)14-18(32)13-17(31)10-9-16/h7,9-14,20,29,31-32,34,37H,4-6,8,15H2,1-3H3,(H2,28,36)/b10-9?,16-7?,17-13-,18-14?,24-23-/t20-/m0/s1. The number of carbonyl (C=O) groups is 3. The van der Waals surface area contributed by atoms with Gasteiger partial charge in [0.2, 0.25) is 0 Å². The van der Waals surface area contributed by atoms with Crippen molar-refractivity contribution in [2.45, 2.75) is 38.3 Å². The molecule has 1 amide bonds. The van der Waals surface area contributed by atoms with Gasteiger partial charge in [-0.25, -0.2) is 0 Å². The zero-order valence-electron chi connectivity index (χ0n) is 21.5. The van der Waals surface area contributed by atoms with E-state index in [-0.39, 0.29) is 0 Å². The molecular weight excluding hydrogens is 609 g/mol. The number of hydrogen-bond donors (Lipinski definition) is 6. The third-order valence-electron chi connectivity index (χ3n) is 5.56. The molecule has 2 heterocycles. The minimum atomic E-state index is -4.24. The van der Waals surface area contributed by atoms with Gasteiger partial charge in [0.15, 0.2) is 0 Å². The van der Waals surface area contributed by atoms with Crippen LogP contribution < -0.4 is 11.1 Å². The van der Waals surface area contributed by atoms with Crippen molar-refractivity contribution in [2.75, 3.05) is 21.1 Å². The number of halogens is 1. The van der Waals surface area contributed by atoms with E-state index in [1.807, 2.05) is 12.1 Å². The Balaban J connectivity index is 2.53. The van der Waals surface area contributed by atoms with Crippen LogP contribution in [0.2, 0.25) is 0 Å². The molecule has 0 saturated carbocycles. The van der Waals surface area contributed by atoms with E-state index in [1.54, 1.807) is 38.2 Å². The number of aliphatic hydroxyl groups excluding tert-OH is 3. The molecule has 1 aliphatic heterocycles. The first-order chi connectivity index (χ1) is 18.0. The molecule has 2 rings (SSSR count). The zero-order valence-corrected chi connectivity index (χ0v) is 23.6. The average Bonchev–Trinajstić information content (AvgIpc) is 3.29. The molecule has 0 radical (unpaired) electrons. The van der Waals surface area contributed by atoms with Crippen LogP contribution in [0.15, 0.2) is 69.8 Å². The van der Waals surface area contributed by atoms with Gasteiger partial charge in [-0.2, -0.15) is 0 Å². The first kappa shape index (κ1) is 31.0. The van der Waals surface area contributed by atoms with Crippen LogP contribution in [-0.2, 0) is 20.9 Å². The van der Waals surface area contributed by atoms with Gasteiger partial charge in [0.25, 0.3) is 0 Å². The Bertz CT molecular complexity index is 1190. The van der Waals surface area contributed by atoms with Crippen molar-refractivity contribution in [1.29, 1.82) is 0 Å². The second-order valence-corrected chi connectivity index (χ2v) is 12.2. The summed E-state index contributed by atoms with van der Waals surface area (Å²) >= 11 is -4.24. The fourth-order valence-electron chi connectivity index (χ4n) is 3.68. The van der Waals surface area contributed by atoms with Crippen molar-refractivity contribution in [2.24, 2.45) is 5.73 Å². The summed E-state index contributed by atoms with van der Waals surface area (Å²) in [6.07, 6.45) is 8.47. The number of hydrogen-bond acceptors (Lipinski definition) is 10. The normalized spacial score (nSPS) is 23.3. The van der Waals surface area contributed by atoms with Gasteiger partial charge in [-0.1, -0.05) is 0 Å².